The fraction of sp³-hybridized carbons (Fsp3) is 0.500. The van der Waals surface area contributed by atoms with Gasteiger partial charge in [-0.1, -0.05) is 42.5 Å². The van der Waals surface area contributed by atoms with Gasteiger partial charge in [0.1, 0.15) is 30.7 Å². The Balaban J connectivity index is 1.54. The summed E-state index contributed by atoms with van der Waals surface area (Å²) in [5.74, 6) is -0.855. The van der Waals surface area contributed by atoms with Gasteiger partial charge in [-0.15, -0.1) is 0 Å². The van der Waals surface area contributed by atoms with Crippen LogP contribution in [-0.4, -0.2) is 64.6 Å². The third-order valence-corrected chi connectivity index (χ3v) is 6.35. The van der Waals surface area contributed by atoms with Crippen LogP contribution in [0.3, 0.4) is 0 Å². The summed E-state index contributed by atoms with van der Waals surface area (Å²) in [6.45, 7) is 7.62. The van der Waals surface area contributed by atoms with Crippen LogP contribution in [0.4, 0.5) is 0 Å². The monoisotopic (exact) mass is 516 g/mol. The summed E-state index contributed by atoms with van der Waals surface area (Å²) in [5, 5.41) is 30.9. The van der Waals surface area contributed by atoms with Crippen molar-refractivity contribution in [3.8, 4) is 5.75 Å². The molecule has 9 heteroatoms. The molecule has 0 saturated carbocycles. The van der Waals surface area contributed by atoms with Gasteiger partial charge in [0.05, 0.1) is 12.0 Å². The van der Waals surface area contributed by atoms with Crippen LogP contribution < -0.4 is 4.74 Å². The molecule has 1 heterocycles. The molecule has 5 atom stereocenters. The molecule has 37 heavy (non-hydrogen) atoms. The highest BCUT2D eigenvalue weighted by Crippen LogP contribution is 2.29. The Kier molecular flexibility index (Phi) is 9.67. The van der Waals surface area contributed by atoms with Crippen LogP contribution in [-0.2, 0) is 30.4 Å². The number of aryl methyl sites for hydroxylation is 2. The molecule has 3 rings (SSSR count). The van der Waals surface area contributed by atoms with Gasteiger partial charge in [0.25, 0.3) is 0 Å². The zero-order chi connectivity index (χ0) is 27.2. The first-order valence-corrected chi connectivity index (χ1v) is 12.3. The molecule has 0 bridgehead atoms. The predicted molar refractivity (Wildman–Crippen MR) is 133 cm³/mol. The van der Waals surface area contributed by atoms with Crippen molar-refractivity contribution in [2.45, 2.75) is 77.8 Å². The molecule has 0 spiro atoms. The molecule has 1 fully saturated rings. The summed E-state index contributed by atoms with van der Waals surface area (Å²) in [6.07, 6.45) is -7.63. The number of aliphatic hydroxyl groups is 3. The van der Waals surface area contributed by atoms with E-state index >= 15 is 0 Å². The molecule has 9 nitrogen and oxygen atoms in total. The molecule has 2 aromatic rings. The second-order valence-corrected chi connectivity index (χ2v) is 10.0. The van der Waals surface area contributed by atoms with Gasteiger partial charge in [-0.05, 0) is 63.3 Å². The van der Waals surface area contributed by atoms with E-state index < -0.39 is 48.1 Å². The smallest absolute Gasteiger partial charge is 0.338 e. The average Bonchev–Trinajstić information content (AvgIpc) is 2.87. The topological polar surface area (TPSA) is 132 Å². The van der Waals surface area contributed by atoms with Crippen molar-refractivity contribution in [1.82, 2.24) is 0 Å². The summed E-state index contributed by atoms with van der Waals surface area (Å²) in [6, 6.07) is 14.8. The SMILES string of the molecule is Cc1ccc(C)c(OCCCC(C)(C)C(=O)O[C@@H]2O[C@@H](C(=O)OCc3ccccc3)[C@@H](O)[C@H](O)[C@@H]2O)c1. The average molecular weight is 517 g/mol. The van der Waals surface area contributed by atoms with Gasteiger partial charge in [-0.3, -0.25) is 4.79 Å². The van der Waals surface area contributed by atoms with Gasteiger partial charge < -0.3 is 34.3 Å². The number of carbonyl (C=O) groups excluding carboxylic acids is 2. The van der Waals surface area contributed by atoms with E-state index in [2.05, 4.69) is 0 Å². The minimum Gasteiger partial charge on any atom is -0.493 e. The molecule has 1 saturated heterocycles. The van der Waals surface area contributed by atoms with E-state index in [0.29, 0.717) is 25.0 Å². The highest BCUT2D eigenvalue weighted by Gasteiger charge is 2.50. The van der Waals surface area contributed by atoms with Crippen LogP contribution >= 0.6 is 0 Å². The highest BCUT2D eigenvalue weighted by atomic mass is 16.7. The summed E-state index contributed by atoms with van der Waals surface area (Å²) in [4.78, 5) is 25.4. The lowest BCUT2D eigenvalue weighted by molar-refractivity contribution is -0.290. The van der Waals surface area contributed by atoms with Crippen molar-refractivity contribution >= 4 is 11.9 Å². The highest BCUT2D eigenvalue weighted by molar-refractivity contribution is 5.77. The lowest BCUT2D eigenvalue weighted by Crippen LogP contribution is -2.61. The fourth-order valence-corrected chi connectivity index (χ4v) is 3.88. The minimum absolute atomic E-state index is 0.0769. The Hall–Kier alpha value is -2.98. The van der Waals surface area contributed by atoms with Gasteiger partial charge >= 0.3 is 11.9 Å². The van der Waals surface area contributed by atoms with Crippen LogP contribution in [0.5, 0.6) is 5.75 Å². The first-order chi connectivity index (χ1) is 17.5. The maximum atomic E-state index is 12.9. The molecular weight excluding hydrogens is 480 g/mol. The zero-order valence-electron chi connectivity index (χ0n) is 21.6. The molecule has 0 unspecified atom stereocenters. The lowest BCUT2D eigenvalue weighted by atomic mass is 9.88. The van der Waals surface area contributed by atoms with Crippen LogP contribution in [0.2, 0.25) is 0 Å². The van der Waals surface area contributed by atoms with E-state index in [1.54, 1.807) is 38.1 Å². The Morgan fingerprint density at radius 2 is 1.68 bits per heavy atom. The number of hydrogen-bond acceptors (Lipinski definition) is 9. The normalized spacial score (nSPS) is 23.8. The standard InChI is InChI=1S/C28H36O9/c1-17-11-12-18(2)20(15-17)34-14-8-13-28(3,4)27(33)37-26-23(31)21(29)22(30)24(36-26)25(32)35-16-19-9-6-5-7-10-19/h5-7,9-12,15,21-24,26,29-31H,8,13-14,16H2,1-4H3/t21-,22-,23-,24+,26-/m0/s1. The number of ether oxygens (including phenoxy) is 4. The lowest BCUT2D eigenvalue weighted by Gasteiger charge is -2.39. The maximum absolute atomic E-state index is 12.9. The minimum atomic E-state index is -1.78. The summed E-state index contributed by atoms with van der Waals surface area (Å²) in [7, 11) is 0. The summed E-state index contributed by atoms with van der Waals surface area (Å²) in [5.41, 5.74) is 1.85. The van der Waals surface area contributed by atoms with Crippen molar-refractivity contribution in [3.63, 3.8) is 0 Å². The number of benzene rings is 2. The number of carbonyl (C=O) groups is 2. The number of esters is 2. The van der Waals surface area contributed by atoms with Crippen molar-refractivity contribution < 1.29 is 43.9 Å². The second kappa shape index (κ2) is 12.5. The van der Waals surface area contributed by atoms with Gasteiger partial charge in [-0.25, -0.2) is 4.79 Å². The Labute approximate surface area is 216 Å². The fourth-order valence-electron chi connectivity index (χ4n) is 3.88. The largest absolute Gasteiger partial charge is 0.493 e. The predicted octanol–water partition coefficient (Wildman–Crippen LogP) is 2.58. The van der Waals surface area contributed by atoms with Gasteiger partial charge in [0.15, 0.2) is 6.10 Å². The quantitative estimate of drug-likeness (QED) is 0.322. The van der Waals surface area contributed by atoms with Crippen molar-refractivity contribution in [3.05, 3.63) is 65.2 Å². The van der Waals surface area contributed by atoms with Crippen molar-refractivity contribution in [2.24, 2.45) is 5.41 Å². The second-order valence-electron chi connectivity index (χ2n) is 10.0. The van der Waals surface area contributed by atoms with E-state index in [-0.39, 0.29) is 6.61 Å². The first kappa shape index (κ1) is 28.6. The molecule has 0 radical (unpaired) electrons. The molecule has 1 aliphatic heterocycles. The van der Waals surface area contributed by atoms with E-state index in [9.17, 15) is 24.9 Å². The molecule has 0 amide bonds. The van der Waals surface area contributed by atoms with Crippen molar-refractivity contribution in [2.75, 3.05) is 6.61 Å². The van der Waals surface area contributed by atoms with Gasteiger partial charge in [0.2, 0.25) is 6.29 Å². The van der Waals surface area contributed by atoms with E-state index in [4.69, 9.17) is 18.9 Å². The summed E-state index contributed by atoms with van der Waals surface area (Å²) >= 11 is 0. The number of rotatable bonds is 10. The molecule has 0 aliphatic carbocycles. The van der Waals surface area contributed by atoms with Crippen LogP contribution in [0.1, 0.15) is 43.4 Å². The van der Waals surface area contributed by atoms with E-state index in [1.807, 2.05) is 38.1 Å². The Morgan fingerprint density at radius 3 is 2.38 bits per heavy atom. The van der Waals surface area contributed by atoms with Crippen LogP contribution in [0.15, 0.2) is 48.5 Å². The zero-order valence-corrected chi connectivity index (χ0v) is 21.6. The summed E-state index contributed by atoms with van der Waals surface area (Å²) < 4.78 is 21.8. The number of aliphatic hydroxyl groups excluding tert-OH is 3. The molecule has 0 aromatic heterocycles. The van der Waals surface area contributed by atoms with Gasteiger partial charge in [-0.2, -0.15) is 0 Å². The maximum Gasteiger partial charge on any atom is 0.338 e. The third kappa shape index (κ3) is 7.52. The Bertz CT molecular complexity index is 1050. The molecule has 3 N–H and O–H groups in total. The molecule has 2 aromatic carbocycles. The molecular formula is C28H36O9. The van der Waals surface area contributed by atoms with E-state index in [1.165, 1.54) is 0 Å². The van der Waals surface area contributed by atoms with E-state index in [0.717, 1.165) is 16.9 Å². The van der Waals surface area contributed by atoms with Crippen LogP contribution in [0.25, 0.3) is 0 Å². The van der Waals surface area contributed by atoms with Gasteiger partial charge in [0, 0.05) is 0 Å². The number of hydrogen-bond donors (Lipinski definition) is 3. The molecule has 1 aliphatic rings. The van der Waals surface area contributed by atoms with Crippen molar-refractivity contribution in [1.29, 1.82) is 0 Å². The van der Waals surface area contributed by atoms with Crippen LogP contribution in [0, 0.1) is 19.3 Å². The Morgan fingerprint density at radius 1 is 0.973 bits per heavy atom. The first-order valence-electron chi connectivity index (χ1n) is 12.3. The third-order valence-electron chi connectivity index (χ3n) is 6.35. The molecule has 202 valence electrons.